The summed E-state index contributed by atoms with van der Waals surface area (Å²) in [6.45, 7) is 2.49. The van der Waals surface area contributed by atoms with E-state index in [1.165, 1.54) is 6.07 Å². The minimum atomic E-state index is -0.771. The summed E-state index contributed by atoms with van der Waals surface area (Å²) >= 11 is 6.36. The van der Waals surface area contributed by atoms with Gasteiger partial charge in [0.2, 0.25) is 0 Å². The first-order chi connectivity index (χ1) is 14.4. The molecule has 0 unspecified atom stereocenters. The van der Waals surface area contributed by atoms with Gasteiger partial charge < -0.3 is 19.0 Å². The molecule has 4 rings (SSSR count). The molecule has 2 aromatic carbocycles. The molecule has 0 aliphatic heterocycles. The number of carboxylic acids is 1. The summed E-state index contributed by atoms with van der Waals surface area (Å²) in [6, 6.07) is 12.2. The van der Waals surface area contributed by atoms with Crippen LogP contribution in [0.3, 0.4) is 0 Å². The van der Waals surface area contributed by atoms with E-state index in [1.807, 2.05) is 25.1 Å². The molecule has 1 heterocycles. The number of aliphatic carboxylic acids is 1. The summed E-state index contributed by atoms with van der Waals surface area (Å²) in [4.78, 5) is 23.4. The third-order valence-corrected chi connectivity index (χ3v) is 5.79. The summed E-state index contributed by atoms with van der Waals surface area (Å²) in [5.41, 5.74) is 1.65. The van der Waals surface area contributed by atoms with Gasteiger partial charge >= 0.3 is 5.97 Å². The van der Waals surface area contributed by atoms with E-state index >= 15 is 0 Å². The van der Waals surface area contributed by atoms with Crippen molar-refractivity contribution in [3.8, 4) is 17.1 Å². The molecular weight excluding hydrogens is 408 g/mol. The second-order valence-electron chi connectivity index (χ2n) is 7.39. The van der Waals surface area contributed by atoms with Gasteiger partial charge in [0.1, 0.15) is 18.1 Å². The first kappa shape index (κ1) is 20.4. The number of benzene rings is 2. The van der Waals surface area contributed by atoms with Gasteiger partial charge in [-0.15, -0.1) is 0 Å². The Balaban J connectivity index is 1.49. The lowest BCUT2D eigenvalue weighted by Gasteiger charge is -2.32. The van der Waals surface area contributed by atoms with Crippen molar-refractivity contribution in [3.05, 3.63) is 63.3 Å². The number of carbonyl (C=O) groups is 1. The van der Waals surface area contributed by atoms with Crippen molar-refractivity contribution in [2.75, 3.05) is 13.2 Å². The Morgan fingerprint density at radius 2 is 1.97 bits per heavy atom. The molecule has 0 saturated heterocycles. The number of fused-ring (bicyclic) bond motifs is 1. The number of hydrogen-bond donors (Lipinski definition) is 1. The second kappa shape index (κ2) is 8.50. The number of rotatable bonds is 7. The predicted molar refractivity (Wildman–Crippen MR) is 113 cm³/mol. The van der Waals surface area contributed by atoms with Crippen molar-refractivity contribution in [1.82, 2.24) is 0 Å². The molecule has 0 amide bonds. The fourth-order valence-electron chi connectivity index (χ4n) is 3.48. The molecule has 3 aromatic rings. The highest BCUT2D eigenvalue weighted by atomic mass is 35.5. The Kier molecular flexibility index (Phi) is 5.79. The zero-order valence-corrected chi connectivity index (χ0v) is 17.1. The van der Waals surface area contributed by atoms with Crippen LogP contribution in [-0.4, -0.2) is 30.4 Å². The molecular formula is C23H21ClO6. The maximum absolute atomic E-state index is 12.6. The lowest BCUT2D eigenvalue weighted by atomic mass is 9.82. The molecule has 1 fully saturated rings. The van der Waals surface area contributed by atoms with E-state index in [0.717, 1.165) is 5.56 Å². The van der Waals surface area contributed by atoms with Gasteiger partial charge in [-0.25, -0.2) is 0 Å². The second-order valence-corrected chi connectivity index (χ2v) is 7.77. The highest BCUT2D eigenvalue weighted by Gasteiger charge is 2.34. The average Bonchev–Trinajstić information content (AvgIpc) is 2.69. The first-order valence-corrected chi connectivity index (χ1v) is 10.1. The van der Waals surface area contributed by atoms with Crippen LogP contribution in [0.25, 0.3) is 22.3 Å². The molecule has 7 heteroatoms. The summed E-state index contributed by atoms with van der Waals surface area (Å²) in [6.07, 6.45) is 1.04. The maximum Gasteiger partial charge on any atom is 0.306 e. The topological polar surface area (TPSA) is 86.0 Å². The molecule has 1 saturated carbocycles. The zero-order chi connectivity index (χ0) is 21.3. The minimum absolute atomic E-state index is 0.0335. The average molecular weight is 429 g/mol. The van der Waals surface area contributed by atoms with Gasteiger partial charge in [-0.05, 0) is 43.5 Å². The number of ether oxygens (including phenoxy) is 2. The zero-order valence-electron chi connectivity index (χ0n) is 16.4. The molecule has 1 aromatic heterocycles. The molecule has 156 valence electrons. The number of aryl methyl sites for hydroxylation is 1. The lowest BCUT2D eigenvalue weighted by molar-refractivity contribution is -0.151. The number of para-hydroxylation sites is 1. The molecule has 30 heavy (non-hydrogen) atoms. The third kappa shape index (κ3) is 4.06. The molecule has 0 bridgehead atoms. The van der Waals surface area contributed by atoms with Gasteiger partial charge in [0.25, 0.3) is 0 Å². The fourth-order valence-corrected chi connectivity index (χ4v) is 3.69. The highest BCUT2D eigenvalue weighted by molar-refractivity contribution is 6.35. The highest BCUT2D eigenvalue weighted by Crippen LogP contribution is 2.34. The van der Waals surface area contributed by atoms with Crippen molar-refractivity contribution in [3.63, 3.8) is 0 Å². The van der Waals surface area contributed by atoms with Crippen molar-refractivity contribution >= 4 is 28.5 Å². The molecule has 1 N–H and O–H groups in total. The molecule has 0 atom stereocenters. The first-order valence-electron chi connectivity index (χ1n) is 9.73. The summed E-state index contributed by atoms with van der Waals surface area (Å²) in [5.74, 6) is -0.140. The van der Waals surface area contributed by atoms with Gasteiger partial charge in [-0.1, -0.05) is 29.8 Å². The predicted octanol–water partition coefficient (Wildman–Crippen LogP) is 4.68. The Morgan fingerprint density at radius 3 is 2.73 bits per heavy atom. The van der Waals surface area contributed by atoms with Crippen molar-refractivity contribution < 1.29 is 23.8 Å². The van der Waals surface area contributed by atoms with Crippen LogP contribution in [0.4, 0.5) is 0 Å². The van der Waals surface area contributed by atoms with E-state index < -0.39 is 5.97 Å². The van der Waals surface area contributed by atoms with Crippen LogP contribution in [0, 0.1) is 12.8 Å². The van der Waals surface area contributed by atoms with Crippen LogP contribution in [-0.2, 0) is 9.53 Å². The summed E-state index contributed by atoms with van der Waals surface area (Å²) < 4.78 is 17.5. The fraction of sp³-hybridized carbons (Fsp3) is 0.304. The molecule has 6 nitrogen and oxygen atoms in total. The van der Waals surface area contributed by atoms with Crippen molar-refractivity contribution in [1.29, 1.82) is 0 Å². The van der Waals surface area contributed by atoms with E-state index in [-0.39, 0.29) is 17.5 Å². The maximum atomic E-state index is 12.6. The molecule has 1 aliphatic rings. The standard InChI is InChI=1S/C23H21ClO6/c1-13-6-7-16-18(25)12-20(30-22(16)21(13)24)17-4-2-3-5-19(17)29-9-8-28-15-10-14(11-15)23(26)27/h2-7,12,14-15H,8-11H2,1H3,(H,26,27). The van der Waals surface area contributed by atoms with Gasteiger partial charge in [-0.3, -0.25) is 9.59 Å². The Hall–Kier alpha value is -2.83. The SMILES string of the molecule is Cc1ccc2c(=O)cc(-c3ccccc3OCCOC3CC(C(=O)O)C3)oc2c1Cl. The van der Waals surface area contributed by atoms with Gasteiger partial charge in [-0.2, -0.15) is 0 Å². The van der Waals surface area contributed by atoms with E-state index in [9.17, 15) is 9.59 Å². The Morgan fingerprint density at radius 1 is 1.20 bits per heavy atom. The van der Waals surface area contributed by atoms with Gasteiger partial charge in [0.05, 0.1) is 34.6 Å². The van der Waals surface area contributed by atoms with Crippen LogP contribution in [0.5, 0.6) is 5.75 Å². The van der Waals surface area contributed by atoms with E-state index in [4.69, 9.17) is 30.6 Å². The summed E-state index contributed by atoms with van der Waals surface area (Å²) in [5, 5.41) is 9.76. The Labute approximate surface area is 178 Å². The molecule has 0 spiro atoms. The van der Waals surface area contributed by atoms with Crippen LogP contribution in [0.2, 0.25) is 5.02 Å². The molecule has 1 aliphatic carbocycles. The monoisotopic (exact) mass is 428 g/mol. The smallest absolute Gasteiger partial charge is 0.306 e. The molecule has 0 radical (unpaired) electrons. The van der Waals surface area contributed by atoms with Crippen LogP contribution < -0.4 is 10.2 Å². The van der Waals surface area contributed by atoms with E-state index in [2.05, 4.69) is 0 Å². The Bertz CT molecular complexity index is 1150. The number of hydrogen-bond acceptors (Lipinski definition) is 5. The largest absolute Gasteiger partial charge is 0.490 e. The summed E-state index contributed by atoms with van der Waals surface area (Å²) in [7, 11) is 0. The van der Waals surface area contributed by atoms with Crippen LogP contribution >= 0.6 is 11.6 Å². The van der Waals surface area contributed by atoms with Crippen molar-refractivity contribution in [2.45, 2.75) is 25.9 Å². The minimum Gasteiger partial charge on any atom is -0.490 e. The normalized spacial score (nSPS) is 18.2. The van der Waals surface area contributed by atoms with Crippen molar-refractivity contribution in [2.24, 2.45) is 5.92 Å². The van der Waals surface area contributed by atoms with Gasteiger partial charge in [0, 0.05) is 6.07 Å². The number of halogens is 1. The lowest BCUT2D eigenvalue weighted by Crippen LogP contribution is -2.37. The van der Waals surface area contributed by atoms with Crippen LogP contribution in [0.1, 0.15) is 18.4 Å². The van der Waals surface area contributed by atoms with Crippen LogP contribution in [0.15, 0.2) is 51.7 Å². The number of carboxylic acid groups (broad SMARTS) is 1. The van der Waals surface area contributed by atoms with Gasteiger partial charge in [0.15, 0.2) is 11.0 Å². The van der Waals surface area contributed by atoms with E-state index in [0.29, 0.717) is 59.1 Å². The van der Waals surface area contributed by atoms with E-state index in [1.54, 1.807) is 18.2 Å². The third-order valence-electron chi connectivity index (χ3n) is 5.32. The quantitative estimate of drug-likeness (QED) is 0.550.